The van der Waals surface area contributed by atoms with E-state index in [2.05, 4.69) is 37.7 Å². The second kappa shape index (κ2) is 8.53. The highest BCUT2D eigenvalue weighted by Crippen LogP contribution is 2.17. The minimum Gasteiger partial charge on any atom is -0.461 e. The average molecular weight is 373 g/mol. The standard InChI is InChI=1S/C18H21ClN6O/c1-12(13-5-3-6-14(19)11-13)22-18(20-2)21-9-8-16-23-17(25-24-16)15-7-4-10-26-15/h3-7,10-12H,8-9H2,1-2H3,(H2,20,21,22)(H,23,24,25). The first-order valence-corrected chi connectivity index (χ1v) is 8.71. The number of aromatic amines is 1. The minimum atomic E-state index is 0.0794. The maximum Gasteiger partial charge on any atom is 0.216 e. The first-order chi connectivity index (χ1) is 12.7. The van der Waals surface area contributed by atoms with Crippen molar-refractivity contribution in [1.82, 2.24) is 25.8 Å². The summed E-state index contributed by atoms with van der Waals surface area (Å²) in [6.45, 7) is 2.72. The summed E-state index contributed by atoms with van der Waals surface area (Å²) < 4.78 is 5.29. The van der Waals surface area contributed by atoms with Crippen molar-refractivity contribution in [3.8, 4) is 11.6 Å². The molecule has 3 N–H and O–H groups in total. The Hall–Kier alpha value is -2.80. The van der Waals surface area contributed by atoms with Crippen LogP contribution in [0.25, 0.3) is 11.6 Å². The van der Waals surface area contributed by atoms with E-state index in [-0.39, 0.29) is 6.04 Å². The summed E-state index contributed by atoms with van der Waals surface area (Å²) in [4.78, 5) is 8.67. The number of nitrogens with zero attached hydrogens (tertiary/aromatic N) is 3. The highest BCUT2D eigenvalue weighted by atomic mass is 35.5. The van der Waals surface area contributed by atoms with Gasteiger partial charge in [0.15, 0.2) is 11.7 Å². The van der Waals surface area contributed by atoms with Crippen LogP contribution < -0.4 is 10.6 Å². The lowest BCUT2D eigenvalue weighted by molar-refractivity contribution is 0.577. The first kappa shape index (κ1) is 18.0. The molecule has 0 saturated heterocycles. The van der Waals surface area contributed by atoms with Crippen molar-refractivity contribution >= 4 is 17.6 Å². The normalized spacial score (nSPS) is 12.8. The molecule has 0 aliphatic heterocycles. The molecule has 7 nitrogen and oxygen atoms in total. The molecule has 0 aliphatic carbocycles. The first-order valence-electron chi connectivity index (χ1n) is 8.33. The summed E-state index contributed by atoms with van der Waals surface area (Å²) in [7, 11) is 1.74. The number of aliphatic imine (C=N–C) groups is 1. The van der Waals surface area contributed by atoms with Gasteiger partial charge in [0.25, 0.3) is 0 Å². The molecule has 3 aromatic rings. The molecule has 1 atom stereocenters. The van der Waals surface area contributed by atoms with Gasteiger partial charge in [-0.05, 0) is 36.8 Å². The number of aromatic nitrogens is 3. The molecule has 0 bridgehead atoms. The predicted molar refractivity (Wildman–Crippen MR) is 102 cm³/mol. The summed E-state index contributed by atoms with van der Waals surface area (Å²) in [5.74, 6) is 2.70. The van der Waals surface area contributed by atoms with E-state index in [1.165, 1.54) is 0 Å². The molecule has 0 amide bonds. The Morgan fingerprint density at radius 1 is 1.35 bits per heavy atom. The zero-order chi connectivity index (χ0) is 18.4. The fourth-order valence-corrected chi connectivity index (χ4v) is 2.68. The van der Waals surface area contributed by atoms with Gasteiger partial charge >= 0.3 is 0 Å². The van der Waals surface area contributed by atoms with E-state index in [0.29, 0.717) is 30.5 Å². The number of guanidine groups is 1. The molecule has 136 valence electrons. The third kappa shape index (κ3) is 4.64. The number of hydrogen-bond acceptors (Lipinski definition) is 4. The molecule has 2 aromatic heterocycles. The number of rotatable bonds is 6. The molecule has 1 unspecified atom stereocenters. The van der Waals surface area contributed by atoms with Crippen molar-refractivity contribution in [3.05, 3.63) is 59.1 Å². The minimum absolute atomic E-state index is 0.0794. The van der Waals surface area contributed by atoms with Gasteiger partial charge in [-0.15, -0.1) is 0 Å². The molecule has 1 aromatic carbocycles. The van der Waals surface area contributed by atoms with Crippen molar-refractivity contribution in [2.45, 2.75) is 19.4 Å². The lowest BCUT2D eigenvalue weighted by Gasteiger charge is -2.18. The third-order valence-corrected chi connectivity index (χ3v) is 4.09. The molecule has 0 spiro atoms. The number of benzene rings is 1. The molecule has 8 heteroatoms. The third-order valence-electron chi connectivity index (χ3n) is 3.85. The lowest BCUT2D eigenvalue weighted by atomic mass is 10.1. The zero-order valence-electron chi connectivity index (χ0n) is 14.7. The summed E-state index contributed by atoms with van der Waals surface area (Å²) >= 11 is 6.05. The van der Waals surface area contributed by atoms with Gasteiger partial charge in [-0.1, -0.05) is 23.7 Å². The zero-order valence-corrected chi connectivity index (χ0v) is 15.4. The number of H-pyrrole nitrogens is 1. The van der Waals surface area contributed by atoms with Crippen molar-refractivity contribution < 1.29 is 4.42 Å². The van der Waals surface area contributed by atoms with E-state index in [1.54, 1.807) is 13.3 Å². The Bertz CT molecular complexity index is 858. The Labute approximate surface area is 156 Å². The van der Waals surface area contributed by atoms with Gasteiger partial charge < -0.3 is 15.1 Å². The van der Waals surface area contributed by atoms with Crippen LogP contribution in [0, 0.1) is 0 Å². The molecule has 26 heavy (non-hydrogen) atoms. The summed E-state index contributed by atoms with van der Waals surface area (Å²) in [5.41, 5.74) is 1.10. The van der Waals surface area contributed by atoms with Crippen LogP contribution in [-0.4, -0.2) is 34.7 Å². The van der Waals surface area contributed by atoms with Crippen molar-refractivity contribution in [3.63, 3.8) is 0 Å². The molecule has 0 fully saturated rings. The molecule has 3 rings (SSSR count). The smallest absolute Gasteiger partial charge is 0.216 e. The largest absolute Gasteiger partial charge is 0.461 e. The Morgan fingerprint density at radius 3 is 2.96 bits per heavy atom. The highest BCUT2D eigenvalue weighted by Gasteiger charge is 2.10. The Morgan fingerprint density at radius 2 is 2.23 bits per heavy atom. The van der Waals surface area contributed by atoms with E-state index in [0.717, 1.165) is 16.4 Å². The molecular formula is C18H21ClN6O. The van der Waals surface area contributed by atoms with Crippen molar-refractivity contribution in [1.29, 1.82) is 0 Å². The maximum atomic E-state index is 6.05. The topological polar surface area (TPSA) is 91.1 Å². The van der Waals surface area contributed by atoms with Gasteiger partial charge in [-0.3, -0.25) is 10.1 Å². The van der Waals surface area contributed by atoms with Crippen molar-refractivity contribution in [2.24, 2.45) is 4.99 Å². The maximum absolute atomic E-state index is 6.05. The van der Waals surface area contributed by atoms with E-state index in [9.17, 15) is 0 Å². The van der Waals surface area contributed by atoms with Crippen LogP contribution in [0.5, 0.6) is 0 Å². The van der Waals surface area contributed by atoms with Crippen LogP contribution in [0.3, 0.4) is 0 Å². The molecular weight excluding hydrogens is 352 g/mol. The Balaban J connectivity index is 1.50. The second-order valence-electron chi connectivity index (χ2n) is 5.75. The van der Waals surface area contributed by atoms with Gasteiger partial charge in [-0.25, -0.2) is 4.98 Å². The quantitative estimate of drug-likeness (QED) is 0.456. The van der Waals surface area contributed by atoms with Gasteiger partial charge in [0.05, 0.1) is 12.3 Å². The Kier molecular flexibility index (Phi) is 5.91. The van der Waals surface area contributed by atoms with Crippen molar-refractivity contribution in [2.75, 3.05) is 13.6 Å². The van der Waals surface area contributed by atoms with Gasteiger partial charge in [-0.2, -0.15) is 5.10 Å². The number of furan rings is 1. The van der Waals surface area contributed by atoms with Crippen LogP contribution >= 0.6 is 11.6 Å². The van der Waals surface area contributed by atoms with Crippen LogP contribution in [0.15, 0.2) is 52.1 Å². The van der Waals surface area contributed by atoms with Crippen LogP contribution in [0.1, 0.15) is 24.4 Å². The average Bonchev–Trinajstić information content (AvgIpc) is 3.32. The van der Waals surface area contributed by atoms with Crippen LogP contribution in [-0.2, 0) is 6.42 Å². The molecule has 0 aliphatic rings. The number of halogens is 1. The number of hydrogen-bond donors (Lipinski definition) is 3. The van der Waals surface area contributed by atoms with Gasteiger partial charge in [0, 0.05) is 25.0 Å². The van der Waals surface area contributed by atoms with Crippen LogP contribution in [0.2, 0.25) is 5.02 Å². The van der Waals surface area contributed by atoms with E-state index >= 15 is 0 Å². The van der Waals surface area contributed by atoms with Gasteiger partial charge in [0.2, 0.25) is 5.82 Å². The number of nitrogens with one attached hydrogen (secondary N) is 3. The van der Waals surface area contributed by atoms with E-state index in [4.69, 9.17) is 16.0 Å². The fraction of sp³-hybridized carbons (Fsp3) is 0.278. The van der Waals surface area contributed by atoms with E-state index < -0.39 is 0 Å². The lowest BCUT2D eigenvalue weighted by Crippen LogP contribution is -2.39. The summed E-state index contributed by atoms with van der Waals surface area (Å²) in [6.07, 6.45) is 2.28. The second-order valence-corrected chi connectivity index (χ2v) is 6.19. The van der Waals surface area contributed by atoms with E-state index in [1.807, 2.05) is 36.4 Å². The molecule has 0 saturated carbocycles. The van der Waals surface area contributed by atoms with Crippen LogP contribution in [0.4, 0.5) is 0 Å². The fourth-order valence-electron chi connectivity index (χ4n) is 2.48. The summed E-state index contributed by atoms with van der Waals surface area (Å²) in [6, 6.07) is 11.5. The summed E-state index contributed by atoms with van der Waals surface area (Å²) in [5, 5.41) is 14.4. The highest BCUT2D eigenvalue weighted by molar-refractivity contribution is 6.30. The SMILES string of the molecule is CN=C(NCCc1nc(-c2ccco2)n[nH]1)NC(C)c1cccc(Cl)c1. The molecule has 0 radical (unpaired) electrons. The molecule has 2 heterocycles. The van der Waals surface area contributed by atoms with Gasteiger partial charge in [0.1, 0.15) is 5.82 Å². The predicted octanol–water partition coefficient (Wildman–Crippen LogP) is 3.19. The monoisotopic (exact) mass is 372 g/mol.